The standard InChI is InChI=1S/C14H20N4/c1-2-7-14(8-5-9-15-11-14)13-17-16-12-6-3-4-10-18(12)13/h3-4,6,10,15H,2,5,7-9,11H2,1H3. The molecule has 1 atom stereocenters. The fourth-order valence-corrected chi connectivity index (χ4v) is 3.17. The van der Waals surface area contributed by atoms with E-state index in [0.717, 1.165) is 24.6 Å². The van der Waals surface area contributed by atoms with Gasteiger partial charge in [0.1, 0.15) is 5.82 Å². The van der Waals surface area contributed by atoms with Crippen LogP contribution in [0.15, 0.2) is 24.4 Å². The van der Waals surface area contributed by atoms with Gasteiger partial charge in [-0.05, 0) is 37.9 Å². The van der Waals surface area contributed by atoms with Gasteiger partial charge >= 0.3 is 0 Å². The second-order valence-corrected chi connectivity index (χ2v) is 5.26. The van der Waals surface area contributed by atoms with Crippen molar-refractivity contribution in [2.75, 3.05) is 13.1 Å². The number of hydrogen-bond donors (Lipinski definition) is 1. The van der Waals surface area contributed by atoms with Crippen LogP contribution < -0.4 is 5.32 Å². The molecule has 4 heteroatoms. The molecule has 0 radical (unpaired) electrons. The molecule has 2 aromatic heterocycles. The lowest BCUT2D eigenvalue weighted by atomic mass is 9.76. The Balaban J connectivity index is 2.08. The predicted octanol–water partition coefficient (Wildman–Crippen LogP) is 2.15. The highest BCUT2D eigenvalue weighted by Crippen LogP contribution is 2.34. The molecule has 0 bridgehead atoms. The van der Waals surface area contributed by atoms with Gasteiger partial charge in [-0.3, -0.25) is 4.40 Å². The zero-order valence-corrected chi connectivity index (χ0v) is 10.9. The first-order chi connectivity index (χ1) is 8.86. The number of nitrogens with one attached hydrogen (secondary N) is 1. The molecule has 1 aliphatic rings. The van der Waals surface area contributed by atoms with Crippen molar-refractivity contribution >= 4 is 5.65 Å². The van der Waals surface area contributed by atoms with Crippen LogP contribution in [-0.4, -0.2) is 27.7 Å². The minimum Gasteiger partial charge on any atom is -0.316 e. The van der Waals surface area contributed by atoms with Crippen LogP contribution >= 0.6 is 0 Å². The second kappa shape index (κ2) is 4.69. The highest BCUT2D eigenvalue weighted by atomic mass is 15.3. The Bertz CT molecular complexity index is 520. The average Bonchev–Trinajstić information content (AvgIpc) is 2.84. The van der Waals surface area contributed by atoms with E-state index in [9.17, 15) is 0 Å². The topological polar surface area (TPSA) is 42.2 Å². The molecule has 1 aliphatic heterocycles. The van der Waals surface area contributed by atoms with Crippen LogP contribution in [0.25, 0.3) is 5.65 Å². The Morgan fingerprint density at radius 2 is 2.33 bits per heavy atom. The fraction of sp³-hybridized carbons (Fsp3) is 0.571. The first-order valence-corrected chi connectivity index (χ1v) is 6.87. The predicted molar refractivity (Wildman–Crippen MR) is 71.7 cm³/mol. The minimum absolute atomic E-state index is 0.160. The first-order valence-electron chi connectivity index (χ1n) is 6.87. The van der Waals surface area contributed by atoms with Gasteiger partial charge in [0.05, 0.1) is 0 Å². The molecule has 0 aliphatic carbocycles. The number of aromatic nitrogens is 3. The monoisotopic (exact) mass is 244 g/mol. The third kappa shape index (κ3) is 1.81. The molecule has 0 spiro atoms. The van der Waals surface area contributed by atoms with Gasteiger partial charge in [0.15, 0.2) is 5.65 Å². The second-order valence-electron chi connectivity index (χ2n) is 5.26. The van der Waals surface area contributed by atoms with Crippen LogP contribution in [-0.2, 0) is 5.41 Å². The molecule has 2 aromatic rings. The number of hydrogen-bond acceptors (Lipinski definition) is 3. The largest absolute Gasteiger partial charge is 0.316 e. The van der Waals surface area contributed by atoms with E-state index in [0.29, 0.717) is 0 Å². The normalized spacial score (nSPS) is 24.5. The summed E-state index contributed by atoms with van der Waals surface area (Å²) in [6.07, 6.45) is 6.88. The zero-order chi connectivity index (χ0) is 12.4. The summed E-state index contributed by atoms with van der Waals surface area (Å²) in [5.41, 5.74) is 1.11. The lowest BCUT2D eigenvalue weighted by Gasteiger charge is -2.36. The van der Waals surface area contributed by atoms with Crippen LogP contribution in [0.3, 0.4) is 0 Å². The van der Waals surface area contributed by atoms with Crippen molar-refractivity contribution < 1.29 is 0 Å². The van der Waals surface area contributed by atoms with Gasteiger partial charge in [-0.15, -0.1) is 10.2 Å². The molecule has 1 N–H and O–H groups in total. The van der Waals surface area contributed by atoms with Gasteiger partial charge < -0.3 is 5.32 Å². The highest BCUT2D eigenvalue weighted by Gasteiger charge is 2.37. The van der Waals surface area contributed by atoms with Crippen LogP contribution in [0.4, 0.5) is 0 Å². The molecule has 1 unspecified atom stereocenters. The van der Waals surface area contributed by atoms with E-state index in [1.807, 2.05) is 12.1 Å². The van der Waals surface area contributed by atoms with Crippen LogP contribution in [0, 0.1) is 0 Å². The van der Waals surface area contributed by atoms with E-state index in [2.05, 4.69) is 39.1 Å². The molecular weight excluding hydrogens is 224 g/mol. The summed E-state index contributed by atoms with van der Waals surface area (Å²) in [6.45, 7) is 4.40. The summed E-state index contributed by atoms with van der Waals surface area (Å²) in [4.78, 5) is 0. The van der Waals surface area contributed by atoms with E-state index in [-0.39, 0.29) is 5.41 Å². The summed E-state index contributed by atoms with van der Waals surface area (Å²) in [6, 6.07) is 6.08. The molecule has 0 amide bonds. The van der Waals surface area contributed by atoms with Crippen molar-refractivity contribution in [2.24, 2.45) is 0 Å². The van der Waals surface area contributed by atoms with Crippen LogP contribution in [0.2, 0.25) is 0 Å². The average molecular weight is 244 g/mol. The van der Waals surface area contributed by atoms with Gasteiger partial charge in [-0.2, -0.15) is 0 Å². The highest BCUT2D eigenvalue weighted by molar-refractivity contribution is 5.38. The van der Waals surface area contributed by atoms with E-state index >= 15 is 0 Å². The summed E-state index contributed by atoms with van der Waals surface area (Å²) in [7, 11) is 0. The molecule has 18 heavy (non-hydrogen) atoms. The van der Waals surface area contributed by atoms with Gasteiger partial charge in [0.25, 0.3) is 0 Å². The fourth-order valence-electron chi connectivity index (χ4n) is 3.17. The Morgan fingerprint density at radius 3 is 3.11 bits per heavy atom. The van der Waals surface area contributed by atoms with Gasteiger partial charge in [0, 0.05) is 18.2 Å². The quantitative estimate of drug-likeness (QED) is 0.899. The zero-order valence-electron chi connectivity index (χ0n) is 10.9. The maximum Gasteiger partial charge on any atom is 0.160 e. The summed E-state index contributed by atoms with van der Waals surface area (Å²) >= 11 is 0. The third-order valence-electron chi connectivity index (χ3n) is 3.99. The molecule has 96 valence electrons. The van der Waals surface area contributed by atoms with Crippen LogP contribution in [0.5, 0.6) is 0 Å². The molecule has 3 heterocycles. The Morgan fingerprint density at radius 1 is 1.39 bits per heavy atom. The first kappa shape index (κ1) is 11.7. The summed E-state index contributed by atoms with van der Waals surface area (Å²) < 4.78 is 2.16. The molecular formula is C14H20N4. The summed E-state index contributed by atoms with van der Waals surface area (Å²) in [5.74, 6) is 1.13. The number of rotatable bonds is 3. The molecule has 3 rings (SSSR count). The van der Waals surface area contributed by atoms with Gasteiger partial charge in [-0.25, -0.2) is 0 Å². The lowest BCUT2D eigenvalue weighted by Crippen LogP contribution is -2.44. The molecule has 0 aromatic carbocycles. The van der Waals surface area contributed by atoms with Crippen molar-refractivity contribution in [1.29, 1.82) is 0 Å². The molecule has 1 saturated heterocycles. The van der Waals surface area contributed by atoms with E-state index in [1.165, 1.54) is 25.7 Å². The van der Waals surface area contributed by atoms with Gasteiger partial charge in [-0.1, -0.05) is 19.4 Å². The van der Waals surface area contributed by atoms with Crippen molar-refractivity contribution in [3.8, 4) is 0 Å². The SMILES string of the molecule is CCCC1(c2nnc3ccccn23)CCCNC1. The smallest absolute Gasteiger partial charge is 0.160 e. The minimum atomic E-state index is 0.160. The molecule has 0 saturated carbocycles. The number of pyridine rings is 1. The third-order valence-corrected chi connectivity index (χ3v) is 3.99. The van der Waals surface area contributed by atoms with Crippen molar-refractivity contribution in [3.63, 3.8) is 0 Å². The lowest BCUT2D eigenvalue weighted by molar-refractivity contribution is 0.274. The Labute approximate surface area is 107 Å². The van der Waals surface area contributed by atoms with Crippen molar-refractivity contribution in [1.82, 2.24) is 19.9 Å². The van der Waals surface area contributed by atoms with E-state index in [4.69, 9.17) is 0 Å². The maximum atomic E-state index is 4.48. The van der Waals surface area contributed by atoms with Crippen molar-refractivity contribution in [3.05, 3.63) is 30.2 Å². The number of fused-ring (bicyclic) bond motifs is 1. The Hall–Kier alpha value is -1.42. The van der Waals surface area contributed by atoms with Crippen LogP contribution in [0.1, 0.15) is 38.4 Å². The molecule has 4 nitrogen and oxygen atoms in total. The van der Waals surface area contributed by atoms with Crippen molar-refractivity contribution in [2.45, 2.75) is 38.0 Å². The van der Waals surface area contributed by atoms with E-state index < -0.39 is 0 Å². The number of nitrogens with zero attached hydrogens (tertiary/aromatic N) is 3. The number of piperidine rings is 1. The summed E-state index contributed by atoms with van der Waals surface area (Å²) in [5, 5.41) is 12.3. The Kier molecular flexibility index (Phi) is 3.04. The molecule has 1 fully saturated rings. The van der Waals surface area contributed by atoms with E-state index in [1.54, 1.807) is 0 Å². The maximum absolute atomic E-state index is 4.48. The van der Waals surface area contributed by atoms with Gasteiger partial charge in [0.2, 0.25) is 0 Å².